The maximum absolute atomic E-state index is 12.5. The topological polar surface area (TPSA) is 68.6 Å². The van der Waals surface area contributed by atoms with Gasteiger partial charge in [0.2, 0.25) is 5.91 Å². The molecule has 3 aromatic rings. The Morgan fingerprint density at radius 2 is 2.10 bits per heavy atom. The highest BCUT2D eigenvalue weighted by Crippen LogP contribution is 2.29. The lowest BCUT2D eigenvalue weighted by atomic mass is 10.2. The molecule has 1 aromatic heterocycles. The highest BCUT2D eigenvalue weighted by Gasteiger charge is 2.22. The fourth-order valence-corrected chi connectivity index (χ4v) is 3.76. The fourth-order valence-electron chi connectivity index (χ4n) is 3.76. The van der Waals surface area contributed by atoms with Crippen LogP contribution >= 0.6 is 0 Å². The van der Waals surface area contributed by atoms with Crippen LogP contribution < -0.4 is 14.8 Å². The molecule has 31 heavy (non-hydrogen) atoms. The van der Waals surface area contributed by atoms with E-state index in [1.54, 1.807) is 7.11 Å². The van der Waals surface area contributed by atoms with Gasteiger partial charge >= 0.3 is 0 Å². The molecule has 0 spiro atoms. The van der Waals surface area contributed by atoms with Crippen LogP contribution in [0.1, 0.15) is 18.1 Å². The molecule has 7 nitrogen and oxygen atoms in total. The van der Waals surface area contributed by atoms with Gasteiger partial charge in [-0.25, -0.2) is 4.68 Å². The van der Waals surface area contributed by atoms with Crippen LogP contribution in [0.25, 0.3) is 5.69 Å². The minimum absolute atomic E-state index is 0.00928. The molecule has 1 atom stereocenters. The van der Waals surface area contributed by atoms with Crippen molar-refractivity contribution in [3.8, 4) is 17.2 Å². The molecule has 1 aliphatic rings. The lowest BCUT2D eigenvalue weighted by molar-refractivity contribution is -0.122. The fraction of sp³-hybridized carbons (Fsp3) is 0.333. The zero-order chi connectivity index (χ0) is 21.6. The molecule has 0 bridgehead atoms. The Bertz CT molecular complexity index is 1020. The highest BCUT2D eigenvalue weighted by atomic mass is 16.5. The Balaban J connectivity index is 1.28. The number of benzene rings is 2. The first-order valence-corrected chi connectivity index (χ1v) is 10.5. The van der Waals surface area contributed by atoms with Gasteiger partial charge in [-0.2, -0.15) is 5.10 Å². The average Bonchev–Trinajstić information content (AvgIpc) is 3.18. The summed E-state index contributed by atoms with van der Waals surface area (Å²) in [7, 11) is 1.64. The van der Waals surface area contributed by atoms with E-state index in [4.69, 9.17) is 9.47 Å². The van der Waals surface area contributed by atoms with Crippen molar-refractivity contribution < 1.29 is 14.3 Å². The van der Waals surface area contributed by atoms with Gasteiger partial charge in [0.15, 0.2) is 0 Å². The zero-order valence-corrected chi connectivity index (χ0v) is 18.0. The number of fused-ring (bicyclic) bond motifs is 1. The third-order valence-electron chi connectivity index (χ3n) is 5.27. The lowest BCUT2D eigenvalue weighted by Crippen LogP contribution is -2.40. The molecule has 0 radical (unpaired) electrons. The molecule has 1 N–H and O–H groups in total. The average molecular weight is 421 g/mol. The normalized spacial score (nSPS) is 16.1. The van der Waals surface area contributed by atoms with Crippen molar-refractivity contribution in [1.29, 1.82) is 0 Å². The van der Waals surface area contributed by atoms with Crippen LogP contribution in [0.4, 0.5) is 0 Å². The number of methoxy groups -OCH3 is 1. The molecule has 162 valence electrons. The maximum Gasteiger partial charge on any atom is 0.234 e. The van der Waals surface area contributed by atoms with E-state index in [2.05, 4.69) is 15.3 Å². The molecule has 0 saturated carbocycles. The number of nitrogens with zero attached hydrogens (tertiary/aromatic N) is 3. The van der Waals surface area contributed by atoms with Gasteiger partial charge < -0.3 is 14.8 Å². The summed E-state index contributed by atoms with van der Waals surface area (Å²) in [5, 5.41) is 7.43. The Morgan fingerprint density at radius 3 is 2.90 bits per heavy atom. The third-order valence-corrected chi connectivity index (χ3v) is 5.27. The largest absolute Gasteiger partial charge is 0.497 e. The molecule has 2 aromatic carbocycles. The smallest absolute Gasteiger partial charge is 0.234 e. The van der Waals surface area contributed by atoms with Crippen LogP contribution in [0.3, 0.4) is 0 Å². The summed E-state index contributed by atoms with van der Waals surface area (Å²) < 4.78 is 13.2. The SMILES string of the molecule is COc1ccc2c(c1)OC(C)CN(CC(=O)NCCc1cnn(-c3ccccc3)c1)C2. The second-order valence-electron chi connectivity index (χ2n) is 7.80. The molecule has 0 saturated heterocycles. The van der Waals surface area contributed by atoms with Gasteiger partial charge in [-0.15, -0.1) is 0 Å². The summed E-state index contributed by atoms with van der Waals surface area (Å²) >= 11 is 0. The van der Waals surface area contributed by atoms with Crippen LogP contribution in [0.5, 0.6) is 11.5 Å². The first kappa shape index (κ1) is 20.9. The summed E-state index contributed by atoms with van der Waals surface area (Å²) in [4.78, 5) is 14.6. The van der Waals surface area contributed by atoms with Gasteiger partial charge in [0.25, 0.3) is 0 Å². The summed E-state index contributed by atoms with van der Waals surface area (Å²) in [5.74, 6) is 1.61. The Kier molecular flexibility index (Phi) is 6.52. The van der Waals surface area contributed by atoms with Gasteiger partial charge in [0.05, 0.1) is 25.5 Å². The van der Waals surface area contributed by atoms with Gasteiger partial charge in [-0.05, 0) is 37.1 Å². The van der Waals surface area contributed by atoms with Crippen molar-refractivity contribution in [2.45, 2.75) is 26.0 Å². The van der Waals surface area contributed by atoms with Crippen molar-refractivity contribution >= 4 is 5.91 Å². The van der Waals surface area contributed by atoms with E-state index in [1.807, 2.05) is 72.5 Å². The first-order chi connectivity index (χ1) is 15.1. The van der Waals surface area contributed by atoms with Crippen molar-refractivity contribution in [3.63, 3.8) is 0 Å². The summed E-state index contributed by atoms with van der Waals surface area (Å²) in [6.45, 7) is 4.29. The molecule has 0 aliphatic carbocycles. The molecule has 1 amide bonds. The number of hydrogen-bond donors (Lipinski definition) is 1. The van der Waals surface area contributed by atoms with Gasteiger partial charge in [-0.3, -0.25) is 9.69 Å². The van der Waals surface area contributed by atoms with Crippen molar-refractivity contribution in [1.82, 2.24) is 20.0 Å². The molecular weight excluding hydrogens is 392 g/mol. The Hall–Kier alpha value is -3.32. The first-order valence-electron chi connectivity index (χ1n) is 10.5. The predicted octanol–water partition coefficient (Wildman–Crippen LogP) is 2.82. The van der Waals surface area contributed by atoms with Crippen LogP contribution in [-0.2, 0) is 17.8 Å². The Labute approximate surface area is 182 Å². The number of aromatic nitrogens is 2. The van der Waals surface area contributed by atoms with Crippen LogP contribution in [-0.4, -0.2) is 53.4 Å². The number of para-hydroxylation sites is 1. The lowest BCUT2D eigenvalue weighted by Gasteiger charge is -2.21. The van der Waals surface area contributed by atoms with E-state index >= 15 is 0 Å². The molecule has 1 unspecified atom stereocenters. The highest BCUT2D eigenvalue weighted by molar-refractivity contribution is 5.78. The number of nitrogens with one attached hydrogen (secondary N) is 1. The van der Waals surface area contributed by atoms with E-state index in [0.29, 0.717) is 26.2 Å². The molecule has 7 heteroatoms. The number of hydrogen-bond acceptors (Lipinski definition) is 5. The number of carbonyl (C=O) groups is 1. The van der Waals surface area contributed by atoms with E-state index < -0.39 is 0 Å². The minimum Gasteiger partial charge on any atom is -0.497 e. The maximum atomic E-state index is 12.5. The third kappa shape index (κ3) is 5.44. The molecule has 1 aliphatic heterocycles. The standard InChI is InChI=1S/C24H28N4O3/c1-18-14-27(16-20-8-9-22(30-2)12-23(20)31-18)17-24(29)25-11-10-19-13-26-28(15-19)21-6-4-3-5-7-21/h3-9,12-13,15,18H,10-11,14,16-17H2,1-2H3,(H,25,29). The molecular formula is C24H28N4O3. The van der Waals surface area contributed by atoms with Crippen LogP contribution in [0.2, 0.25) is 0 Å². The minimum atomic E-state index is -0.00928. The molecule has 4 rings (SSSR count). The van der Waals surface area contributed by atoms with E-state index in [0.717, 1.165) is 34.7 Å². The summed E-state index contributed by atoms with van der Waals surface area (Å²) in [5.41, 5.74) is 3.17. The molecule has 2 heterocycles. The van der Waals surface area contributed by atoms with Gasteiger partial charge in [0, 0.05) is 37.5 Å². The van der Waals surface area contributed by atoms with E-state index in [-0.39, 0.29) is 12.0 Å². The number of amides is 1. The number of carbonyl (C=O) groups excluding carboxylic acids is 1. The second-order valence-corrected chi connectivity index (χ2v) is 7.80. The van der Waals surface area contributed by atoms with Crippen molar-refractivity contribution in [3.05, 3.63) is 72.1 Å². The van der Waals surface area contributed by atoms with Gasteiger partial charge in [0.1, 0.15) is 17.6 Å². The Morgan fingerprint density at radius 1 is 1.26 bits per heavy atom. The monoisotopic (exact) mass is 420 g/mol. The number of ether oxygens (including phenoxy) is 2. The summed E-state index contributed by atoms with van der Waals surface area (Å²) in [6, 6.07) is 15.8. The van der Waals surface area contributed by atoms with Crippen LogP contribution in [0, 0.1) is 0 Å². The quantitative estimate of drug-likeness (QED) is 0.637. The van der Waals surface area contributed by atoms with E-state index in [9.17, 15) is 4.79 Å². The van der Waals surface area contributed by atoms with Crippen LogP contribution in [0.15, 0.2) is 60.9 Å². The predicted molar refractivity (Wildman–Crippen MR) is 119 cm³/mol. The molecule has 0 fully saturated rings. The van der Waals surface area contributed by atoms with E-state index in [1.165, 1.54) is 0 Å². The number of rotatable bonds is 7. The van der Waals surface area contributed by atoms with Gasteiger partial charge in [-0.1, -0.05) is 24.3 Å². The van der Waals surface area contributed by atoms with Crippen molar-refractivity contribution in [2.24, 2.45) is 0 Å². The van der Waals surface area contributed by atoms with Crippen molar-refractivity contribution in [2.75, 3.05) is 26.7 Å². The second kappa shape index (κ2) is 9.66. The zero-order valence-electron chi connectivity index (χ0n) is 18.0. The summed E-state index contributed by atoms with van der Waals surface area (Å²) in [6.07, 6.45) is 4.57.